The van der Waals surface area contributed by atoms with E-state index in [0.717, 1.165) is 5.56 Å². The number of aryl methyl sites for hydroxylation is 1. The van der Waals surface area contributed by atoms with Crippen LogP contribution in [-0.2, 0) is 9.89 Å². The van der Waals surface area contributed by atoms with Gasteiger partial charge in [0.25, 0.3) is 0 Å². The van der Waals surface area contributed by atoms with Crippen LogP contribution in [0.15, 0.2) is 18.2 Å². The summed E-state index contributed by atoms with van der Waals surface area (Å²) >= 11 is 0. The highest BCUT2D eigenvalue weighted by molar-refractivity contribution is 7.48. The van der Waals surface area contributed by atoms with Crippen molar-refractivity contribution >= 4 is 13.9 Å². The normalized spacial score (nSPS) is 14.0. The molecular weight excluding hydrogens is 386 g/mol. The number of benzene rings is 2. The lowest BCUT2D eigenvalue weighted by atomic mass is 9.95. The van der Waals surface area contributed by atoms with Crippen molar-refractivity contribution < 1.29 is 31.4 Å². The van der Waals surface area contributed by atoms with E-state index in [-0.39, 0.29) is 6.79 Å². The standard InChI is InChI=1S/C19H20F5O2P/c1-5-19(3,11-8-10(2)6-7-12(11)26-9-25-4)27-18-16(23)14(21)13(20)15(22)17(18)24/h6-8,27H,5,9H2,1-4H3. The molecule has 0 aliphatic heterocycles. The van der Waals surface area contributed by atoms with Crippen LogP contribution in [0.3, 0.4) is 0 Å². The summed E-state index contributed by atoms with van der Waals surface area (Å²) in [6.45, 7) is 5.28. The van der Waals surface area contributed by atoms with E-state index in [2.05, 4.69) is 0 Å². The quantitative estimate of drug-likeness (QED) is 0.204. The van der Waals surface area contributed by atoms with E-state index >= 15 is 0 Å². The first kappa shape index (κ1) is 21.6. The van der Waals surface area contributed by atoms with E-state index in [4.69, 9.17) is 9.47 Å². The Labute approximate surface area is 156 Å². The predicted molar refractivity (Wildman–Crippen MR) is 95.5 cm³/mol. The molecule has 2 unspecified atom stereocenters. The molecule has 2 atom stereocenters. The fraction of sp³-hybridized carbons (Fsp3) is 0.368. The molecular formula is C19H20F5O2P. The minimum absolute atomic E-state index is 0.0402. The van der Waals surface area contributed by atoms with Gasteiger partial charge in [-0.15, -0.1) is 0 Å². The van der Waals surface area contributed by atoms with Crippen molar-refractivity contribution in [3.05, 3.63) is 58.4 Å². The molecule has 27 heavy (non-hydrogen) atoms. The monoisotopic (exact) mass is 406 g/mol. The number of rotatable bonds is 7. The Kier molecular flexibility index (Phi) is 6.82. The van der Waals surface area contributed by atoms with Gasteiger partial charge in [0, 0.05) is 17.8 Å². The lowest BCUT2D eigenvalue weighted by Crippen LogP contribution is -2.25. The Morgan fingerprint density at radius 1 is 0.963 bits per heavy atom. The van der Waals surface area contributed by atoms with Crippen LogP contribution in [0.1, 0.15) is 31.4 Å². The molecule has 0 N–H and O–H groups in total. The SMILES string of the molecule is CCC(C)(Pc1c(F)c(F)c(F)c(F)c1F)c1cc(C)ccc1OCOC. The second-order valence-electron chi connectivity index (χ2n) is 6.31. The van der Waals surface area contributed by atoms with Gasteiger partial charge in [0.1, 0.15) is 5.75 Å². The summed E-state index contributed by atoms with van der Waals surface area (Å²) < 4.78 is 79.4. The van der Waals surface area contributed by atoms with Gasteiger partial charge < -0.3 is 9.47 Å². The van der Waals surface area contributed by atoms with Crippen molar-refractivity contribution in [2.24, 2.45) is 0 Å². The van der Waals surface area contributed by atoms with Crippen LogP contribution in [0.2, 0.25) is 0 Å². The molecule has 0 heterocycles. The lowest BCUT2D eigenvalue weighted by molar-refractivity contribution is 0.0500. The Morgan fingerprint density at radius 2 is 1.52 bits per heavy atom. The number of halogens is 5. The van der Waals surface area contributed by atoms with Gasteiger partial charge in [0.05, 0.1) is 5.30 Å². The molecule has 0 bridgehead atoms. The van der Waals surface area contributed by atoms with Crippen molar-refractivity contribution in [2.75, 3.05) is 13.9 Å². The topological polar surface area (TPSA) is 18.5 Å². The van der Waals surface area contributed by atoms with Crippen LogP contribution < -0.4 is 10.0 Å². The third-order valence-corrected chi connectivity index (χ3v) is 6.24. The molecule has 2 rings (SSSR count). The summed E-state index contributed by atoms with van der Waals surface area (Å²) in [5, 5.41) is -1.72. The molecule has 0 radical (unpaired) electrons. The van der Waals surface area contributed by atoms with Gasteiger partial charge in [0.15, 0.2) is 30.1 Å². The molecule has 0 saturated heterocycles. The van der Waals surface area contributed by atoms with Crippen LogP contribution in [0.5, 0.6) is 5.75 Å². The summed E-state index contributed by atoms with van der Waals surface area (Å²) in [5.74, 6) is -9.18. The maximum Gasteiger partial charge on any atom is 0.200 e. The number of hydrogen-bond donors (Lipinski definition) is 0. The van der Waals surface area contributed by atoms with Gasteiger partial charge in [-0.05, 0) is 19.4 Å². The van der Waals surface area contributed by atoms with Gasteiger partial charge in [-0.2, -0.15) is 0 Å². The minimum Gasteiger partial charge on any atom is -0.467 e. The van der Waals surface area contributed by atoms with Gasteiger partial charge in [0.2, 0.25) is 5.82 Å². The van der Waals surface area contributed by atoms with Crippen molar-refractivity contribution in [2.45, 2.75) is 32.3 Å². The van der Waals surface area contributed by atoms with Gasteiger partial charge in [-0.1, -0.05) is 40.1 Å². The van der Waals surface area contributed by atoms with Crippen molar-refractivity contribution in [1.82, 2.24) is 0 Å². The molecule has 0 spiro atoms. The Bertz CT molecular complexity index is 814. The molecule has 2 aromatic rings. The molecule has 0 amide bonds. The summed E-state index contributed by atoms with van der Waals surface area (Å²) in [4.78, 5) is 0. The molecule has 2 aromatic carbocycles. The molecule has 148 valence electrons. The van der Waals surface area contributed by atoms with Crippen molar-refractivity contribution in [1.29, 1.82) is 0 Å². The van der Waals surface area contributed by atoms with E-state index in [9.17, 15) is 22.0 Å². The van der Waals surface area contributed by atoms with Gasteiger partial charge in [-0.25, -0.2) is 22.0 Å². The average Bonchev–Trinajstić information content (AvgIpc) is 2.67. The van der Waals surface area contributed by atoms with Gasteiger partial charge in [-0.3, -0.25) is 0 Å². The fourth-order valence-corrected chi connectivity index (χ4v) is 4.16. The number of hydrogen-bond acceptors (Lipinski definition) is 2. The second-order valence-corrected chi connectivity index (χ2v) is 8.16. The summed E-state index contributed by atoms with van der Waals surface area (Å²) in [6.07, 6.45) is 0.387. The first-order valence-electron chi connectivity index (χ1n) is 8.18. The first-order chi connectivity index (χ1) is 12.7. The smallest absolute Gasteiger partial charge is 0.200 e. The maximum absolute atomic E-state index is 14.2. The molecule has 0 aromatic heterocycles. The molecule has 0 saturated carbocycles. The summed E-state index contributed by atoms with van der Waals surface area (Å²) in [5.41, 5.74) is 1.49. The fourth-order valence-electron chi connectivity index (χ4n) is 2.66. The third kappa shape index (κ3) is 4.25. The second kappa shape index (κ2) is 8.53. The highest BCUT2D eigenvalue weighted by Crippen LogP contribution is 2.48. The lowest BCUT2D eigenvalue weighted by Gasteiger charge is -2.31. The Balaban J connectivity index is 2.59. The molecule has 0 fully saturated rings. The maximum atomic E-state index is 14.2. The summed E-state index contributed by atoms with van der Waals surface area (Å²) in [6, 6.07) is 5.28. The Morgan fingerprint density at radius 3 is 2.04 bits per heavy atom. The first-order valence-corrected chi connectivity index (χ1v) is 9.18. The van der Waals surface area contributed by atoms with E-state index in [1.807, 2.05) is 6.92 Å². The molecule has 0 aliphatic carbocycles. The van der Waals surface area contributed by atoms with Gasteiger partial charge >= 0.3 is 0 Å². The van der Waals surface area contributed by atoms with E-state index in [1.165, 1.54) is 7.11 Å². The van der Waals surface area contributed by atoms with Crippen LogP contribution in [0.25, 0.3) is 0 Å². The zero-order chi connectivity index (χ0) is 20.4. The largest absolute Gasteiger partial charge is 0.467 e. The minimum atomic E-state index is -2.16. The van der Waals surface area contributed by atoms with E-state index in [1.54, 1.807) is 32.0 Å². The molecule has 8 heteroatoms. The zero-order valence-electron chi connectivity index (χ0n) is 15.4. The predicted octanol–water partition coefficient (Wildman–Crippen LogP) is 5.30. The zero-order valence-corrected chi connectivity index (χ0v) is 16.4. The van der Waals surface area contributed by atoms with Crippen LogP contribution >= 0.6 is 8.58 Å². The van der Waals surface area contributed by atoms with Crippen LogP contribution in [-0.4, -0.2) is 13.9 Å². The van der Waals surface area contributed by atoms with Crippen LogP contribution in [0, 0.1) is 36.0 Å². The average molecular weight is 406 g/mol. The Hall–Kier alpha value is -1.72. The van der Waals surface area contributed by atoms with Crippen molar-refractivity contribution in [3.8, 4) is 5.75 Å². The highest BCUT2D eigenvalue weighted by Gasteiger charge is 2.34. The number of methoxy groups -OCH3 is 1. The molecule has 2 nitrogen and oxygen atoms in total. The molecule has 0 aliphatic rings. The van der Waals surface area contributed by atoms with E-state index < -0.39 is 48.1 Å². The van der Waals surface area contributed by atoms with Crippen LogP contribution in [0.4, 0.5) is 22.0 Å². The van der Waals surface area contributed by atoms with E-state index in [0.29, 0.717) is 17.7 Å². The number of ether oxygens (including phenoxy) is 2. The summed E-state index contributed by atoms with van der Waals surface area (Å²) in [7, 11) is 0.741. The third-order valence-electron chi connectivity index (χ3n) is 4.38. The van der Waals surface area contributed by atoms with Crippen molar-refractivity contribution in [3.63, 3.8) is 0 Å². The highest BCUT2D eigenvalue weighted by atomic mass is 31.1.